The molecule has 1 N–H and O–H groups in total. The highest BCUT2D eigenvalue weighted by atomic mass is 15.3. The number of nitrogens with zero attached hydrogens (tertiary/aromatic N) is 3. The average molecular weight is 280 g/mol. The third-order valence-electron chi connectivity index (χ3n) is 4.34. The van der Waals surface area contributed by atoms with E-state index in [0.29, 0.717) is 6.04 Å². The van der Waals surface area contributed by atoms with Crippen LogP contribution in [0.5, 0.6) is 0 Å². The van der Waals surface area contributed by atoms with Gasteiger partial charge in [0, 0.05) is 30.2 Å². The second kappa shape index (κ2) is 7.23. The smallest absolute Gasteiger partial charge is 0.0596 e. The van der Waals surface area contributed by atoms with E-state index in [1.165, 1.54) is 5.69 Å². The lowest BCUT2D eigenvalue weighted by Crippen LogP contribution is -2.56. The summed E-state index contributed by atoms with van der Waals surface area (Å²) in [5.74, 6) is 0. The van der Waals surface area contributed by atoms with Crippen LogP contribution in [0.15, 0.2) is 6.07 Å². The van der Waals surface area contributed by atoms with Crippen molar-refractivity contribution < 1.29 is 0 Å². The van der Waals surface area contributed by atoms with Crippen molar-refractivity contribution in [1.29, 1.82) is 0 Å². The van der Waals surface area contributed by atoms with Crippen molar-refractivity contribution in [1.82, 2.24) is 20.0 Å². The Kier molecular flexibility index (Phi) is 6.21. The molecule has 0 radical (unpaired) electrons. The van der Waals surface area contributed by atoms with Crippen LogP contribution in [0.3, 0.4) is 0 Å². The lowest BCUT2D eigenvalue weighted by atomic mass is 9.89. The van der Waals surface area contributed by atoms with Crippen molar-refractivity contribution in [3.63, 3.8) is 0 Å². The standard InChI is InChI=1S/C16H32N4/c1-8-10-17-15(16(4,5)19(6)7)12-14-11-13(3)18-20(14)9-2/h11,15,17H,8-10,12H2,1-7H3. The Morgan fingerprint density at radius 1 is 1.35 bits per heavy atom. The van der Waals surface area contributed by atoms with E-state index < -0.39 is 0 Å². The molecule has 0 aliphatic heterocycles. The van der Waals surface area contributed by atoms with E-state index in [2.05, 4.69) is 74.8 Å². The number of nitrogens with one attached hydrogen (secondary N) is 1. The number of aromatic nitrogens is 2. The van der Waals surface area contributed by atoms with Crippen LogP contribution in [-0.4, -0.2) is 46.9 Å². The fraction of sp³-hybridized carbons (Fsp3) is 0.812. The van der Waals surface area contributed by atoms with Crippen molar-refractivity contribution in [2.75, 3.05) is 20.6 Å². The molecule has 4 nitrogen and oxygen atoms in total. The molecule has 20 heavy (non-hydrogen) atoms. The second-order valence-corrected chi connectivity index (χ2v) is 6.35. The zero-order valence-electron chi connectivity index (χ0n) is 14.3. The van der Waals surface area contributed by atoms with Crippen molar-refractivity contribution in [2.24, 2.45) is 0 Å². The maximum atomic E-state index is 4.56. The van der Waals surface area contributed by atoms with Gasteiger partial charge in [0.05, 0.1) is 5.69 Å². The van der Waals surface area contributed by atoms with Crippen LogP contribution < -0.4 is 5.32 Å². The molecule has 4 heteroatoms. The van der Waals surface area contributed by atoms with Crippen molar-refractivity contribution in [2.45, 2.75) is 65.6 Å². The summed E-state index contributed by atoms with van der Waals surface area (Å²) in [5.41, 5.74) is 2.54. The van der Waals surface area contributed by atoms with Gasteiger partial charge in [-0.2, -0.15) is 5.10 Å². The van der Waals surface area contributed by atoms with E-state index in [0.717, 1.165) is 31.6 Å². The summed E-state index contributed by atoms with van der Waals surface area (Å²) in [6.45, 7) is 13.0. The summed E-state index contributed by atoms with van der Waals surface area (Å²) in [7, 11) is 4.31. The van der Waals surface area contributed by atoms with Crippen molar-refractivity contribution >= 4 is 0 Å². The SMILES string of the molecule is CCCNC(Cc1cc(C)nn1CC)C(C)(C)N(C)C. The molecule has 0 spiro atoms. The number of hydrogen-bond donors (Lipinski definition) is 1. The normalized spacial score (nSPS) is 14.0. The van der Waals surface area contributed by atoms with Crippen LogP contribution >= 0.6 is 0 Å². The molecule has 0 bridgehead atoms. The molecule has 0 amide bonds. The van der Waals surface area contributed by atoms with Crippen LogP contribution in [0.1, 0.15) is 45.5 Å². The Hall–Kier alpha value is -0.870. The Morgan fingerprint density at radius 3 is 2.50 bits per heavy atom. The number of likely N-dealkylation sites (N-methyl/N-ethyl adjacent to an activating group) is 1. The largest absolute Gasteiger partial charge is 0.312 e. The number of rotatable bonds is 8. The van der Waals surface area contributed by atoms with Crippen molar-refractivity contribution in [3.8, 4) is 0 Å². The predicted octanol–water partition coefficient (Wildman–Crippen LogP) is 2.46. The maximum Gasteiger partial charge on any atom is 0.0596 e. The molecule has 1 heterocycles. The summed E-state index contributed by atoms with van der Waals surface area (Å²) in [6.07, 6.45) is 2.17. The lowest BCUT2D eigenvalue weighted by Gasteiger charge is -2.41. The quantitative estimate of drug-likeness (QED) is 0.794. The van der Waals surface area contributed by atoms with E-state index in [1.54, 1.807) is 0 Å². The van der Waals surface area contributed by atoms with Gasteiger partial charge in [-0.3, -0.25) is 4.68 Å². The molecule has 1 aromatic heterocycles. The van der Waals surface area contributed by atoms with Crippen LogP contribution in [-0.2, 0) is 13.0 Å². The molecule has 0 saturated heterocycles. The van der Waals surface area contributed by atoms with Crippen molar-refractivity contribution in [3.05, 3.63) is 17.5 Å². The molecule has 0 aliphatic carbocycles. The van der Waals surface area contributed by atoms with E-state index in [9.17, 15) is 0 Å². The fourth-order valence-electron chi connectivity index (χ4n) is 2.45. The molecule has 1 aromatic rings. The van der Waals surface area contributed by atoms with Crippen LogP contribution in [0.2, 0.25) is 0 Å². The minimum atomic E-state index is 0.103. The monoisotopic (exact) mass is 280 g/mol. The summed E-state index contributed by atoms with van der Waals surface area (Å²) >= 11 is 0. The highest BCUT2D eigenvalue weighted by molar-refractivity contribution is 5.12. The molecule has 1 rings (SSSR count). The first-order valence-electron chi connectivity index (χ1n) is 7.77. The fourth-order valence-corrected chi connectivity index (χ4v) is 2.45. The first-order chi connectivity index (χ1) is 9.32. The molecule has 0 aliphatic rings. The Balaban J connectivity index is 2.94. The van der Waals surface area contributed by atoms with Gasteiger partial charge in [-0.05, 0) is 60.8 Å². The molecule has 0 fully saturated rings. The predicted molar refractivity (Wildman–Crippen MR) is 86.2 cm³/mol. The van der Waals surface area contributed by atoms with Gasteiger partial charge in [0.25, 0.3) is 0 Å². The first kappa shape index (κ1) is 17.2. The number of aryl methyl sites for hydroxylation is 2. The molecule has 0 aromatic carbocycles. The highest BCUT2D eigenvalue weighted by Gasteiger charge is 2.31. The molecule has 1 unspecified atom stereocenters. The zero-order chi connectivity index (χ0) is 15.3. The Labute approximate surface area is 124 Å². The van der Waals surface area contributed by atoms with Crippen LogP contribution in [0.4, 0.5) is 0 Å². The van der Waals surface area contributed by atoms with Gasteiger partial charge in [-0.1, -0.05) is 6.92 Å². The first-order valence-corrected chi connectivity index (χ1v) is 7.77. The van der Waals surface area contributed by atoms with E-state index in [1.807, 2.05) is 0 Å². The van der Waals surface area contributed by atoms with Gasteiger partial charge >= 0.3 is 0 Å². The number of hydrogen-bond acceptors (Lipinski definition) is 3. The van der Waals surface area contributed by atoms with Gasteiger partial charge in [0.2, 0.25) is 0 Å². The molecular weight excluding hydrogens is 248 g/mol. The third-order valence-corrected chi connectivity index (χ3v) is 4.34. The molecule has 116 valence electrons. The van der Waals surface area contributed by atoms with E-state index in [4.69, 9.17) is 0 Å². The Morgan fingerprint density at radius 2 is 2.00 bits per heavy atom. The third kappa shape index (κ3) is 4.06. The van der Waals surface area contributed by atoms with Crippen LogP contribution in [0, 0.1) is 6.92 Å². The van der Waals surface area contributed by atoms with Crippen LogP contribution in [0.25, 0.3) is 0 Å². The average Bonchev–Trinajstić information content (AvgIpc) is 2.74. The summed E-state index contributed by atoms with van der Waals surface area (Å²) in [6, 6.07) is 2.63. The summed E-state index contributed by atoms with van der Waals surface area (Å²) < 4.78 is 2.13. The minimum absolute atomic E-state index is 0.103. The van der Waals surface area contributed by atoms with Gasteiger partial charge in [0.1, 0.15) is 0 Å². The minimum Gasteiger partial charge on any atom is -0.312 e. The van der Waals surface area contributed by atoms with E-state index >= 15 is 0 Å². The van der Waals surface area contributed by atoms with E-state index in [-0.39, 0.29) is 5.54 Å². The molecule has 0 saturated carbocycles. The van der Waals surface area contributed by atoms with Gasteiger partial charge in [-0.25, -0.2) is 0 Å². The summed E-state index contributed by atoms with van der Waals surface area (Å²) in [5, 5.41) is 8.28. The van der Waals surface area contributed by atoms with Gasteiger partial charge in [-0.15, -0.1) is 0 Å². The zero-order valence-corrected chi connectivity index (χ0v) is 14.3. The lowest BCUT2D eigenvalue weighted by molar-refractivity contribution is 0.136. The van der Waals surface area contributed by atoms with Gasteiger partial charge in [0.15, 0.2) is 0 Å². The van der Waals surface area contributed by atoms with Gasteiger partial charge < -0.3 is 10.2 Å². The maximum absolute atomic E-state index is 4.56. The molecule has 1 atom stereocenters. The Bertz CT molecular complexity index is 407. The summed E-state index contributed by atoms with van der Waals surface area (Å²) in [4.78, 5) is 2.31. The topological polar surface area (TPSA) is 33.1 Å². The molecular formula is C16H32N4. The second-order valence-electron chi connectivity index (χ2n) is 6.35. The highest BCUT2D eigenvalue weighted by Crippen LogP contribution is 2.20.